The molecule has 0 aromatic rings. The molecule has 1 aliphatic carbocycles. The number of rotatable bonds is 26. The second-order valence-electron chi connectivity index (χ2n) is 16.4. The molecule has 18 heteroatoms. The molecule has 0 aromatic carbocycles. The smallest absolute Gasteiger partial charge is 0.296 e. The highest BCUT2D eigenvalue weighted by Crippen LogP contribution is 2.63. The fourth-order valence-corrected chi connectivity index (χ4v) is 15.2. The van der Waals surface area contributed by atoms with Gasteiger partial charge < -0.3 is 18.9 Å². The fraction of sp³-hybridized carbons (Fsp3) is 0.810. The molecule has 4 amide bonds. The van der Waals surface area contributed by atoms with E-state index in [-0.39, 0.29) is 80.2 Å². The highest BCUT2D eigenvalue weighted by atomic mass is 32.2. The number of unbranched alkanes of at least 4 members (excludes halogenated alkanes) is 10. The number of nitrogens with zero attached hydrogens (tertiary/aromatic N) is 4. The minimum Gasteiger partial charge on any atom is -0.376 e. The first kappa shape index (κ1) is 49.5. The summed E-state index contributed by atoms with van der Waals surface area (Å²) in [6, 6.07) is 0. The number of fused-ring (bicyclic) bond motifs is 2. The molecule has 4 aliphatic heterocycles. The predicted octanol–water partition coefficient (Wildman–Crippen LogP) is 6.64. The second kappa shape index (κ2) is 24.5. The molecule has 0 spiro atoms. The average molecular weight is 915 g/mol. The topological polar surface area (TPSA) is 142 Å². The number of ether oxygens (including phenoxy) is 4. The number of thioether (sulfide) groups is 4. The summed E-state index contributed by atoms with van der Waals surface area (Å²) in [4.78, 5) is 55.7. The molecular formula is C42H70N6O8S4. The Labute approximate surface area is 375 Å². The highest BCUT2D eigenvalue weighted by molar-refractivity contribution is 8.27. The molecular weight excluding hydrogens is 845 g/mol. The molecule has 5 aliphatic rings. The van der Waals surface area contributed by atoms with Crippen LogP contribution in [0.1, 0.15) is 119 Å². The number of likely N-dealkylation sites (N-methyl/N-ethyl adjacent to an activating group) is 2. The van der Waals surface area contributed by atoms with Gasteiger partial charge in [-0.1, -0.05) is 78.1 Å². The molecule has 14 nitrogen and oxygen atoms in total. The lowest BCUT2D eigenvalue weighted by Crippen LogP contribution is -2.58. The number of carbonyl (C=O) groups is 4. The number of nitrogens with one attached hydrogen (secondary N) is 2. The Bertz CT molecular complexity index is 1430. The van der Waals surface area contributed by atoms with Crippen molar-refractivity contribution in [3.63, 3.8) is 0 Å². The van der Waals surface area contributed by atoms with Crippen LogP contribution in [-0.4, -0.2) is 143 Å². The Kier molecular flexibility index (Phi) is 20.3. The Morgan fingerprint density at radius 2 is 0.833 bits per heavy atom. The zero-order valence-electron chi connectivity index (χ0n) is 37.0. The van der Waals surface area contributed by atoms with Crippen LogP contribution >= 0.6 is 47.0 Å². The first-order valence-corrected chi connectivity index (χ1v) is 25.8. The maximum Gasteiger partial charge on any atom is 0.296 e. The molecule has 0 aromatic heterocycles. The molecule has 4 heterocycles. The van der Waals surface area contributed by atoms with Crippen LogP contribution in [0.25, 0.3) is 0 Å². The van der Waals surface area contributed by atoms with Crippen LogP contribution in [0.3, 0.4) is 0 Å². The van der Waals surface area contributed by atoms with Crippen LogP contribution in [0, 0.1) is 0 Å². The van der Waals surface area contributed by atoms with Crippen molar-refractivity contribution in [3.05, 3.63) is 19.6 Å². The van der Waals surface area contributed by atoms with E-state index in [1.807, 2.05) is 27.7 Å². The summed E-state index contributed by atoms with van der Waals surface area (Å²) in [7, 11) is 3.20. The summed E-state index contributed by atoms with van der Waals surface area (Å²) in [6.07, 6.45) is 12.7. The van der Waals surface area contributed by atoms with E-state index in [9.17, 15) is 19.2 Å². The first-order chi connectivity index (χ1) is 28.9. The van der Waals surface area contributed by atoms with Gasteiger partial charge in [0.25, 0.3) is 23.6 Å². The van der Waals surface area contributed by atoms with E-state index >= 15 is 0 Å². The summed E-state index contributed by atoms with van der Waals surface area (Å²) in [6.45, 7) is 15.0. The van der Waals surface area contributed by atoms with Crippen molar-refractivity contribution >= 4 is 70.7 Å². The summed E-state index contributed by atoms with van der Waals surface area (Å²) < 4.78 is 26.6. The Morgan fingerprint density at radius 3 is 1.18 bits per heavy atom. The standard InChI is InChI=1S/C42H70N6O8S4/c1-9-11-13-15-17-19-21-43-47-39(51)30(40(52)48(47)44-22-20-18-16-14-12-10-2)42-59-35-31(55-25-23-53-27(3)4)33-34(32(36(35)60-42)56-26-24-54-28(5)6)58-41(57-33)29-37(49)45(7)46(8)38(29)50/h27-28,31-36,43-44H,9-26H2,1-8H3. The van der Waals surface area contributed by atoms with Gasteiger partial charge in [-0.3, -0.25) is 29.2 Å². The number of hydrogen-bond acceptors (Lipinski definition) is 14. The van der Waals surface area contributed by atoms with Gasteiger partial charge in [0.15, 0.2) is 0 Å². The molecule has 0 radical (unpaired) electrons. The van der Waals surface area contributed by atoms with Crippen molar-refractivity contribution in [2.45, 2.75) is 164 Å². The van der Waals surface area contributed by atoms with Gasteiger partial charge in [-0.2, -0.15) is 10.2 Å². The SMILES string of the molecule is CCCCCCCCNN1C(=O)C(=C2SC3C(OCCOC(C)C)C4SC(=C5C(=O)N(C)N(C)C5=O)SC4C(OCCOC(C)C)C3S2)C(=O)N1NCCCCCCCC. The van der Waals surface area contributed by atoms with Crippen LogP contribution in [0.4, 0.5) is 0 Å². The third-order valence-corrected chi connectivity index (χ3v) is 17.6. The number of hydrogen-bond donors (Lipinski definition) is 2. The van der Waals surface area contributed by atoms with Crippen molar-refractivity contribution in [1.82, 2.24) is 31.1 Å². The molecule has 4 saturated heterocycles. The van der Waals surface area contributed by atoms with Gasteiger partial charge in [0.1, 0.15) is 11.1 Å². The van der Waals surface area contributed by atoms with Gasteiger partial charge >= 0.3 is 0 Å². The zero-order chi connectivity index (χ0) is 43.3. The largest absolute Gasteiger partial charge is 0.376 e. The molecule has 0 bridgehead atoms. The lowest BCUT2D eigenvalue weighted by atomic mass is 9.92. The van der Waals surface area contributed by atoms with Crippen LogP contribution in [-0.2, 0) is 38.1 Å². The minimum absolute atomic E-state index is 0.0368. The first-order valence-electron chi connectivity index (χ1n) is 22.2. The third-order valence-electron chi connectivity index (χ3n) is 11.1. The Hall–Kier alpha value is -1.48. The molecule has 5 fully saturated rings. The van der Waals surface area contributed by atoms with Crippen LogP contribution in [0.15, 0.2) is 19.6 Å². The normalized spacial score (nSPS) is 25.8. The molecule has 340 valence electrons. The lowest BCUT2D eigenvalue weighted by molar-refractivity contribution is -0.162. The third kappa shape index (κ3) is 12.4. The van der Waals surface area contributed by atoms with Gasteiger partial charge in [-0.15, -0.1) is 47.0 Å². The van der Waals surface area contributed by atoms with Gasteiger partial charge in [-0.25, -0.2) is 10.9 Å². The molecule has 6 atom stereocenters. The number of amides is 4. The maximum absolute atomic E-state index is 14.4. The summed E-state index contributed by atoms with van der Waals surface area (Å²) in [5, 5.41) is 4.65. The van der Waals surface area contributed by atoms with Crippen molar-refractivity contribution in [1.29, 1.82) is 0 Å². The van der Waals surface area contributed by atoms with Crippen LogP contribution < -0.4 is 10.9 Å². The number of carbonyl (C=O) groups excluding carboxylic acids is 4. The minimum atomic E-state index is -0.372. The quantitative estimate of drug-likeness (QED) is 0.0544. The highest BCUT2D eigenvalue weighted by Gasteiger charge is 2.61. The fourth-order valence-electron chi connectivity index (χ4n) is 7.75. The van der Waals surface area contributed by atoms with Gasteiger partial charge in [0, 0.05) is 27.2 Å². The van der Waals surface area contributed by atoms with Gasteiger partial charge in [-0.05, 0) is 40.5 Å². The van der Waals surface area contributed by atoms with Gasteiger partial charge in [0.05, 0.1) is 80.3 Å². The molecule has 5 rings (SSSR count). The van der Waals surface area contributed by atoms with Crippen LogP contribution in [0.2, 0.25) is 0 Å². The van der Waals surface area contributed by atoms with E-state index in [1.165, 1.54) is 106 Å². The zero-order valence-corrected chi connectivity index (χ0v) is 40.3. The van der Waals surface area contributed by atoms with Gasteiger partial charge in [0.2, 0.25) is 0 Å². The molecule has 6 unspecified atom stereocenters. The van der Waals surface area contributed by atoms with Crippen LogP contribution in [0.5, 0.6) is 0 Å². The van der Waals surface area contributed by atoms with E-state index in [2.05, 4.69) is 24.7 Å². The number of hydrazine groups is 4. The van der Waals surface area contributed by atoms with Crippen molar-refractivity contribution in [2.24, 2.45) is 0 Å². The maximum atomic E-state index is 14.4. The van der Waals surface area contributed by atoms with Crippen molar-refractivity contribution in [2.75, 3.05) is 53.6 Å². The van der Waals surface area contributed by atoms with E-state index in [0.29, 0.717) is 48.0 Å². The summed E-state index contributed by atoms with van der Waals surface area (Å²) in [5.41, 5.74) is 6.91. The average Bonchev–Trinajstić information content (AvgIpc) is 3.94. The summed E-state index contributed by atoms with van der Waals surface area (Å²) >= 11 is 6.03. The van der Waals surface area contributed by atoms with Crippen molar-refractivity contribution < 1.29 is 38.1 Å². The van der Waals surface area contributed by atoms with E-state index in [4.69, 9.17) is 18.9 Å². The Balaban J connectivity index is 1.43. The van der Waals surface area contributed by atoms with E-state index < -0.39 is 0 Å². The monoisotopic (exact) mass is 914 g/mol. The second-order valence-corrected chi connectivity index (χ2v) is 21.7. The summed E-state index contributed by atoms with van der Waals surface area (Å²) in [5.74, 6) is -1.41. The lowest BCUT2D eigenvalue weighted by Gasteiger charge is -2.44. The molecule has 2 N–H and O–H groups in total. The van der Waals surface area contributed by atoms with E-state index in [1.54, 1.807) is 14.1 Å². The molecule has 60 heavy (non-hydrogen) atoms. The van der Waals surface area contributed by atoms with Crippen molar-refractivity contribution in [3.8, 4) is 0 Å². The predicted molar refractivity (Wildman–Crippen MR) is 243 cm³/mol. The Morgan fingerprint density at radius 1 is 0.500 bits per heavy atom. The van der Waals surface area contributed by atoms with E-state index in [0.717, 1.165) is 38.5 Å². The molecule has 1 saturated carbocycles.